The van der Waals surface area contributed by atoms with Gasteiger partial charge in [-0.3, -0.25) is 9.48 Å². The van der Waals surface area contributed by atoms with Crippen LogP contribution in [-0.2, 0) is 22.6 Å². The Labute approximate surface area is 248 Å². The molecular formula is C33H33N5O5. The van der Waals surface area contributed by atoms with Gasteiger partial charge < -0.3 is 25.2 Å². The van der Waals surface area contributed by atoms with Crippen LogP contribution in [0.1, 0.15) is 38.1 Å². The van der Waals surface area contributed by atoms with Crippen molar-refractivity contribution < 1.29 is 24.2 Å². The second kappa shape index (κ2) is 10.9. The van der Waals surface area contributed by atoms with Gasteiger partial charge in [-0.1, -0.05) is 36.4 Å². The molecule has 0 aliphatic carbocycles. The third kappa shape index (κ3) is 5.81. The number of aromatic nitrogens is 3. The number of amides is 1. The summed E-state index contributed by atoms with van der Waals surface area (Å²) >= 11 is 0. The smallest absolute Gasteiger partial charge is 0.410 e. The molecule has 220 valence electrons. The maximum Gasteiger partial charge on any atom is 0.410 e. The van der Waals surface area contributed by atoms with E-state index in [1.165, 1.54) is 0 Å². The first-order valence-electron chi connectivity index (χ1n) is 14.1. The number of nitrogens with zero attached hydrogens (tertiary/aromatic N) is 4. The van der Waals surface area contributed by atoms with Gasteiger partial charge in [0.05, 0.1) is 18.0 Å². The lowest BCUT2D eigenvalue weighted by Crippen LogP contribution is -2.52. The van der Waals surface area contributed by atoms with Gasteiger partial charge in [0, 0.05) is 35.6 Å². The van der Waals surface area contributed by atoms with Crippen LogP contribution in [-0.4, -0.2) is 55.5 Å². The van der Waals surface area contributed by atoms with Crippen LogP contribution in [0.2, 0.25) is 0 Å². The molecule has 10 nitrogen and oxygen atoms in total. The molecule has 0 radical (unpaired) electrons. The first-order chi connectivity index (χ1) is 20.6. The zero-order valence-corrected chi connectivity index (χ0v) is 24.3. The second-order valence-electron chi connectivity index (χ2n) is 11.8. The second-order valence-corrected chi connectivity index (χ2v) is 11.8. The molecule has 0 unspecified atom stereocenters. The number of pyridine rings is 1. The van der Waals surface area contributed by atoms with E-state index >= 15 is 0 Å². The van der Waals surface area contributed by atoms with Gasteiger partial charge in [-0.15, -0.1) is 0 Å². The molecule has 3 N–H and O–H groups in total. The maximum atomic E-state index is 12.6. The first kappa shape index (κ1) is 28.0. The molecule has 0 saturated carbocycles. The van der Waals surface area contributed by atoms with Gasteiger partial charge in [0.1, 0.15) is 29.5 Å². The molecule has 1 fully saturated rings. The normalized spacial score (nSPS) is 13.7. The molecule has 6 rings (SSSR count). The average Bonchev–Trinajstić information content (AvgIpc) is 3.28. The molecule has 0 bridgehead atoms. The number of carboxylic acid groups (broad SMARTS) is 1. The van der Waals surface area contributed by atoms with Gasteiger partial charge in [-0.05, 0) is 67.6 Å². The summed E-state index contributed by atoms with van der Waals surface area (Å²) in [5, 5.41) is 17.1. The van der Waals surface area contributed by atoms with Crippen molar-refractivity contribution in [2.24, 2.45) is 0 Å². The molecule has 1 saturated heterocycles. The summed E-state index contributed by atoms with van der Waals surface area (Å²) in [6.45, 7) is 6.64. The lowest BCUT2D eigenvalue weighted by molar-refractivity contribution is -0.136. The number of para-hydroxylation sites is 1. The van der Waals surface area contributed by atoms with Crippen molar-refractivity contribution in [3.63, 3.8) is 0 Å². The highest BCUT2D eigenvalue weighted by Gasteiger charge is 2.36. The summed E-state index contributed by atoms with van der Waals surface area (Å²) in [5.41, 5.74) is 9.78. The number of nitrogens with two attached hydrogens (primary N) is 1. The van der Waals surface area contributed by atoms with E-state index in [0.29, 0.717) is 35.9 Å². The number of carbonyl (C=O) groups is 2. The minimum absolute atomic E-state index is 0.0274. The van der Waals surface area contributed by atoms with E-state index in [-0.39, 0.29) is 25.2 Å². The number of likely N-dealkylation sites (tertiary alicyclic amines) is 1. The van der Waals surface area contributed by atoms with Crippen LogP contribution in [0.25, 0.3) is 32.8 Å². The van der Waals surface area contributed by atoms with Crippen LogP contribution in [0.3, 0.4) is 0 Å². The molecule has 43 heavy (non-hydrogen) atoms. The largest absolute Gasteiger partial charge is 0.487 e. The molecular weight excluding hydrogens is 546 g/mol. The van der Waals surface area contributed by atoms with Gasteiger partial charge in [-0.2, -0.15) is 5.10 Å². The average molecular weight is 580 g/mol. The van der Waals surface area contributed by atoms with Gasteiger partial charge in [0.25, 0.3) is 0 Å². The lowest BCUT2D eigenvalue weighted by Gasteiger charge is -2.39. The standard InChI is InChI=1S/C33H33N5O5/c1-33(2,3)43-32(41)37-17-24(18-37)38-28-11-10-22(21-9-8-20-12-13-35-31(34)25(20)14-21)15-26(28)27(36-38)19-42-29-7-5-4-6-23(29)16-30(39)40/h4-15,24H,16-19H2,1-3H3,(H2,34,35)(H,39,40). The number of anilines is 1. The van der Waals surface area contributed by atoms with Crippen molar-refractivity contribution in [3.05, 3.63) is 84.2 Å². The van der Waals surface area contributed by atoms with Crippen LogP contribution >= 0.6 is 0 Å². The zero-order valence-electron chi connectivity index (χ0n) is 24.3. The van der Waals surface area contributed by atoms with E-state index in [2.05, 4.69) is 17.1 Å². The fourth-order valence-electron chi connectivity index (χ4n) is 5.32. The Hall–Kier alpha value is -5.12. The van der Waals surface area contributed by atoms with Gasteiger partial charge in [-0.25, -0.2) is 9.78 Å². The molecule has 3 heterocycles. The van der Waals surface area contributed by atoms with Crippen molar-refractivity contribution in [2.45, 2.75) is 45.4 Å². The zero-order chi connectivity index (χ0) is 30.3. The highest BCUT2D eigenvalue weighted by Crippen LogP contribution is 2.34. The predicted octanol–water partition coefficient (Wildman–Crippen LogP) is 5.83. The third-order valence-corrected chi connectivity index (χ3v) is 7.45. The molecule has 10 heteroatoms. The molecule has 2 aromatic heterocycles. The number of rotatable bonds is 7. The Morgan fingerprint density at radius 2 is 1.72 bits per heavy atom. The Morgan fingerprint density at radius 1 is 1.00 bits per heavy atom. The summed E-state index contributed by atoms with van der Waals surface area (Å²) < 4.78 is 13.6. The quantitative estimate of drug-likeness (QED) is 0.246. The van der Waals surface area contributed by atoms with Crippen LogP contribution in [0, 0.1) is 0 Å². The summed E-state index contributed by atoms with van der Waals surface area (Å²) in [4.78, 5) is 29.9. The maximum absolute atomic E-state index is 12.6. The van der Waals surface area contributed by atoms with E-state index in [1.54, 1.807) is 29.3 Å². The Balaban J connectivity index is 1.34. The number of hydrogen-bond donors (Lipinski definition) is 2. The molecule has 5 aromatic rings. The van der Waals surface area contributed by atoms with E-state index in [4.69, 9.17) is 20.3 Å². The Bertz CT molecular complexity index is 1850. The van der Waals surface area contributed by atoms with Crippen molar-refractivity contribution in [2.75, 3.05) is 18.8 Å². The summed E-state index contributed by atoms with van der Waals surface area (Å²) in [5.74, 6) is 0.0454. The highest BCUT2D eigenvalue weighted by molar-refractivity contribution is 5.95. The van der Waals surface area contributed by atoms with Gasteiger partial charge in [0.2, 0.25) is 0 Å². The fraction of sp³-hybridized carbons (Fsp3) is 0.273. The predicted molar refractivity (Wildman–Crippen MR) is 164 cm³/mol. The third-order valence-electron chi connectivity index (χ3n) is 7.45. The van der Waals surface area contributed by atoms with Gasteiger partial charge in [0.15, 0.2) is 0 Å². The van der Waals surface area contributed by atoms with Gasteiger partial charge >= 0.3 is 12.1 Å². The molecule has 0 spiro atoms. The summed E-state index contributed by atoms with van der Waals surface area (Å²) in [6, 6.07) is 21.3. The SMILES string of the molecule is CC(C)(C)OC(=O)N1CC(n2nc(COc3ccccc3CC(=O)O)c3cc(-c4ccc5ccnc(N)c5c4)ccc32)C1. The number of carboxylic acids is 1. The molecule has 3 aromatic carbocycles. The fourth-order valence-corrected chi connectivity index (χ4v) is 5.32. The number of hydrogen-bond acceptors (Lipinski definition) is 7. The number of aliphatic carboxylic acids is 1. The van der Waals surface area contributed by atoms with Crippen LogP contribution < -0.4 is 10.5 Å². The Kier molecular flexibility index (Phi) is 7.13. The van der Waals surface area contributed by atoms with Crippen LogP contribution in [0.4, 0.5) is 10.6 Å². The van der Waals surface area contributed by atoms with E-state index in [9.17, 15) is 14.7 Å². The number of benzene rings is 3. The van der Waals surface area contributed by atoms with Crippen molar-refractivity contribution in [1.82, 2.24) is 19.7 Å². The molecule has 1 aliphatic heterocycles. The monoisotopic (exact) mass is 579 g/mol. The lowest BCUT2D eigenvalue weighted by atomic mass is 10.00. The van der Waals surface area contributed by atoms with E-state index in [0.717, 1.165) is 32.8 Å². The van der Waals surface area contributed by atoms with Crippen molar-refractivity contribution >= 4 is 39.6 Å². The molecule has 0 atom stereocenters. The minimum Gasteiger partial charge on any atom is -0.487 e. The Morgan fingerprint density at radius 3 is 2.47 bits per heavy atom. The number of ether oxygens (including phenoxy) is 2. The molecule has 1 aliphatic rings. The van der Waals surface area contributed by atoms with Crippen LogP contribution in [0.5, 0.6) is 5.75 Å². The first-order valence-corrected chi connectivity index (χ1v) is 14.1. The number of carbonyl (C=O) groups excluding carboxylic acids is 1. The van der Waals surface area contributed by atoms with Crippen molar-refractivity contribution in [3.8, 4) is 16.9 Å². The summed E-state index contributed by atoms with van der Waals surface area (Å²) in [7, 11) is 0. The van der Waals surface area contributed by atoms with E-state index < -0.39 is 11.6 Å². The number of nitrogen functional groups attached to an aromatic ring is 1. The minimum atomic E-state index is -0.929. The molecule has 1 amide bonds. The number of fused-ring (bicyclic) bond motifs is 2. The van der Waals surface area contributed by atoms with E-state index in [1.807, 2.05) is 61.9 Å². The van der Waals surface area contributed by atoms with Crippen LogP contribution in [0.15, 0.2) is 72.9 Å². The highest BCUT2D eigenvalue weighted by atomic mass is 16.6. The summed E-state index contributed by atoms with van der Waals surface area (Å²) in [6.07, 6.45) is 1.22. The van der Waals surface area contributed by atoms with Crippen molar-refractivity contribution in [1.29, 1.82) is 0 Å². The topological polar surface area (TPSA) is 133 Å².